The van der Waals surface area contributed by atoms with Gasteiger partial charge in [-0.15, -0.1) is 6.42 Å². The second kappa shape index (κ2) is 5.95. The minimum Gasteiger partial charge on any atom is -0.483 e. The molecule has 0 spiro atoms. The highest BCUT2D eigenvalue weighted by Crippen LogP contribution is 2.24. The van der Waals surface area contributed by atoms with Crippen LogP contribution in [0.2, 0.25) is 0 Å². The van der Waals surface area contributed by atoms with E-state index in [-0.39, 0.29) is 19.1 Å². The van der Waals surface area contributed by atoms with Crippen LogP contribution in [-0.2, 0) is 4.79 Å². The Kier molecular flexibility index (Phi) is 4.59. The molecular formula is C14H17NO2. The van der Waals surface area contributed by atoms with Crippen molar-refractivity contribution in [1.29, 1.82) is 0 Å². The predicted octanol–water partition coefficient (Wildman–Crippen LogP) is 1.74. The van der Waals surface area contributed by atoms with E-state index in [1.54, 1.807) is 0 Å². The molecule has 0 aliphatic rings. The third-order valence-electron chi connectivity index (χ3n) is 2.34. The number of nitrogens with one attached hydrogen (secondary N) is 1. The molecule has 1 aromatic rings. The van der Waals surface area contributed by atoms with Crippen molar-refractivity contribution in [1.82, 2.24) is 5.32 Å². The summed E-state index contributed by atoms with van der Waals surface area (Å²) in [4.78, 5) is 11.3. The molecule has 3 heteroatoms. The van der Waals surface area contributed by atoms with Crippen LogP contribution in [0.15, 0.2) is 12.1 Å². The molecular weight excluding hydrogens is 214 g/mol. The number of rotatable bonds is 4. The lowest BCUT2D eigenvalue weighted by Gasteiger charge is -2.12. The summed E-state index contributed by atoms with van der Waals surface area (Å²) in [6.45, 7) is 6.19. The van der Waals surface area contributed by atoms with E-state index >= 15 is 0 Å². The summed E-state index contributed by atoms with van der Waals surface area (Å²) in [6, 6.07) is 4.06. The molecule has 0 saturated carbocycles. The Morgan fingerprint density at radius 2 is 1.94 bits per heavy atom. The minimum absolute atomic E-state index is 0.00752. The van der Waals surface area contributed by atoms with Gasteiger partial charge in [0.15, 0.2) is 6.61 Å². The Morgan fingerprint density at radius 1 is 1.35 bits per heavy atom. The number of benzene rings is 1. The van der Waals surface area contributed by atoms with Gasteiger partial charge in [0, 0.05) is 0 Å². The Balaban J connectivity index is 2.64. The summed E-state index contributed by atoms with van der Waals surface area (Å²) in [6.07, 6.45) is 5.04. The van der Waals surface area contributed by atoms with Gasteiger partial charge in [0.25, 0.3) is 5.91 Å². The average Bonchev–Trinajstić information content (AvgIpc) is 2.24. The molecule has 0 aliphatic heterocycles. The Bertz CT molecular complexity index is 435. The molecule has 0 radical (unpaired) electrons. The summed E-state index contributed by atoms with van der Waals surface area (Å²) in [5.74, 6) is 2.90. The van der Waals surface area contributed by atoms with Gasteiger partial charge >= 0.3 is 0 Å². The van der Waals surface area contributed by atoms with Gasteiger partial charge in [-0.25, -0.2) is 0 Å². The zero-order valence-electron chi connectivity index (χ0n) is 10.5. The van der Waals surface area contributed by atoms with Crippen LogP contribution in [0.3, 0.4) is 0 Å². The van der Waals surface area contributed by atoms with Crippen molar-refractivity contribution in [2.75, 3.05) is 13.2 Å². The van der Waals surface area contributed by atoms with Crippen molar-refractivity contribution in [3.05, 3.63) is 28.8 Å². The second-order valence-electron chi connectivity index (χ2n) is 4.00. The smallest absolute Gasteiger partial charge is 0.258 e. The van der Waals surface area contributed by atoms with Crippen LogP contribution in [0.4, 0.5) is 0 Å². The molecule has 0 aromatic heterocycles. The minimum atomic E-state index is -0.206. The molecule has 1 aromatic carbocycles. The van der Waals surface area contributed by atoms with Crippen molar-refractivity contribution in [2.45, 2.75) is 20.8 Å². The maximum absolute atomic E-state index is 11.3. The molecule has 3 nitrogen and oxygen atoms in total. The SMILES string of the molecule is C#CCNC(=O)COc1c(C)cc(C)cc1C. The fourth-order valence-corrected chi connectivity index (χ4v) is 1.73. The monoisotopic (exact) mass is 231 g/mol. The van der Waals surface area contributed by atoms with Crippen LogP contribution in [0, 0.1) is 33.1 Å². The molecule has 0 aliphatic carbocycles. The van der Waals surface area contributed by atoms with E-state index in [0.29, 0.717) is 0 Å². The first kappa shape index (κ1) is 13.1. The van der Waals surface area contributed by atoms with Crippen LogP contribution in [0.1, 0.15) is 16.7 Å². The fraction of sp³-hybridized carbons (Fsp3) is 0.357. The summed E-state index contributed by atoms with van der Waals surface area (Å²) >= 11 is 0. The molecule has 1 amide bonds. The third kappa shape index (κ3) is 3.84. The zero-order valence-corrected chi connectivity index (χ0v) is 10.5. The van der Waals surface area contributed by atoms with Crippen LogP contribution >= 0.6 is 0 Å². The molecule has 1 N–H and O–H groups in total. The molecule has 17 heavy (non-hydrogen) atoms. The average molecular weight is 231 g/mol. The van der Waals surface area contributed by atoms with E-state index in [2.05, 4.69) is 11.2 Å². The number of ether oxygens (including phenoxy) is 1. The lowest BCUT2D eigenvalue weighted by molar-refractivity contribution is -0.122. The first-order valence-electron chi connectivity index (χ1n) is 5.45. The largest absolute Gasteiger partial charge is 0.483 e. The normalized spacial score (nSPS) is 9.53. The summed E-state index contributed by atoms with van der Waals surface area (Å²) in [5.41, 5.74) is 3.25. The van der Waals surface area contributed by atoms with Gasteiger partial charge in [0.1, 0.15) is 5.75 Å². The van der Waals surface area contributed by atoms with Crippen molar-refractivity contribution in [3.8, 4) is 18.1 Å². The van der Waals surface area contributed by atoms with Crippen molar-refractivity contribution >= 4 is 5.91 Å². The maximum Gasteiger partial charge on any atom is 0.258 e. The number of hydrogen-bond acceptors (Lipinski definition) is 2. The number of terminal acetylenes is 1. The summed E-state index contributed by atoms with van der Waals surface area (Å²) in [5, 5.41) is 2.55. The van der Waals surface area contributed by atoms with Crippen molar-refractivity contribution in [3.63, 3.8) is 0 Å². The highest BCUT2D eigenvalue weighted by Gasteiger charge is 2.07. The number of carbonyl (C=O) groups is 1. The fourth-order valence-electron chi connectivity index (χ4n) is 1.73. The number of amides is 1. The maximum atomic E-state index is 11.3. The van der Waals surface area contributed by atoms with E-state index in [1.165, 1.54) is 5.56 Å². The highest BCUT2D eigenvalue weighted by atomic mass is 16.5. The number of hydrogen-bond donors (Lipinski definition) is 1. The van der Waals surface area contributed by atoms with E-state index in [4.69, 9.17) is 11.2 Å². The molecule has 0 saturated heterocycles. The van der Waals surface area contributed by atoms with Gasteiger partial charge in [-0.2, -0.15) is 0 Å². The van der Waals surface area contributed by atoms with E-state index < -0.39 is 0 Å². The Morgan fingerprint density at radius 3 is 2.47 bits per heavy atom. The van der Waals surface area contributed by atoms with Crippen molar-refractivity contribution in [2.24, 2.45) is 0 Å². The summed E-state index contributed by atoms with van der Waals surface area (Å²) in [7, 11) is 0. The Labute approximate surface area is 102 Å². The zero-order chi connectivity index (χ0) is 12.8. The van der Waals surface area contributed by atoms with Gasteiger partial charge < -0.3 is 10.1 Å². The number of aryl methyl sites for hydroxylation is 3. The van der Waals surface area contributed by atoms with Gasteiger partial charge in [-0.1, -0.05) is 23.6 Å². The molecule has 0 unspecified atom stereocenters. The topological polar surface area (TPSA) is 38.3 Å². The molecule has 1 rings (SSSR count). The van der Waals surface area contributed by atoms with Crippen molar-refractivity contribution < 1.29 is 9.53 Å². The molecule has 0 atom stereocenters. The van der Waals surface area contributed by atoms with Gasteiger partial charge in [-0.3, -0.25) is 4.79 Å². The highest BCUT2D eigenvalue weighted by molar-refractivity contribution is 5.77. The lowest BCUT2D eigenvalue weighted by atomic mass is 10.1. The first-order chi connectivity index (χ1) is 8.04. The summed E-state index contributed by atoms with van der Waals surface area (Å²) < 4.78 is 5.50. The Hall–Kier alpha value is -1.95. The van der Waals surface area contributed by atoms with Crippen LogP contribution in [-0.4, -0.2) is 19.1 Å². The van der Waals surface area contributed by atoms with Gasteiger partial charge in [0.2, 0.25) is 0 Å². The third-order valence-corrected chi connectivity index (χ3v) is 2.34. The van der Waals surface area contributed by atoms with E-state index in [9.17, 15) is 4.79 Å². The van der Waals surface area contributed by atoms with Crippen LogP contribution in [0.25, 0.3) is 0 Å². The van der Waals surface area contributed by atoms with Gasteiger partial charge in [0.05, 0.1) is 6.54 Å². The van der Waals surface area contributed by atoms with E-state index in [1.807, 2.05) is 32.9 Å². The molecule has 0 fully saturated rings. The van der Waals surface area contributed by atoms with Gasteiger partial charge in [-0.05, 0) is 31.9 Å². The quantitative estimate of drug-likeness (QED) is 0.802. The predicted molar refractivity (Wildman–Crippen MR) is 68.0 cm³/mol. The molecule has 0 heterocycles. The molecule has 90 valence electrons. The standard InChI is InChI=1S/C14H17NO2/c1-5-6-15-13(16)9-17-14-11(3)7-10(2)8-12(14)4/h1,7-8H,6,9H2,2-4H3,(H,15,16). The van der Waals surface area contributed by atoms with E-state index in [0.717, 1.165) is 16.9 Å². The molecule has 0 bridgehead atoms. The second-order valence-corrected chi connectivity index (χ2v) is 4.00. The van der Waals surface area contributed by atoms with Crippen LogP contribution < -0.4 is 10.1 Å². The number of carbonyl (C=O) groups excluding carboxylic acids is 1. The first-order valence-corrected chi connectivity index (χ1v) is 5.45. The van der Waals surface area contributed by atoms with Crippen LogP contribution in [0.5, 0.6) is 5.75 Å². The lowest BCUT2D eigenvalue weighted by Crippen LogP contribution is -2.29.